The van der Waals surface area contributed by atoms with Gasteiger partial charge in [-0.05, 0) is 80.3 Å². The highest BCUT2D eigenvalue weighted by Crippen LogP contribution is 2.24. The molecule has 2 nitrogen and oxygen atoms in total. The minimum atomic E-state index is 0.959. The van der Waals surface area contributed by atoms with Gasteiger partial charge in [-0.3, -0.25) is 4.99 Å². The summed E-state index contributed by atoms with van der Waals surface area (Å²) in [6.07, 6.45) is 1.97. The molecule has 0 saturated carbocycles. The highest BCUT2D eigenvalue weighted by molar-refractivity contribution is 5.84. The van der Waals surface area contributed by atoms with E-state index >= 15 is 0 Å². The smallest absolute Gasteiger partial charge is 0.0630 e. The Bertz CT molecular complexity index is 1160. The molecule has 1 heterocycles. The van der Waals surface area contributed by atoms with Crippen molar-refractivity contribution in [3.63, 3.8) is 0 Å². The molecule has 0 N–H and O–H groups in total. The van der Waals surface area contributed by atoms with Crippen molar-refractivity contribution in [2.24, 2.45) is 4.99 Å². The lowest BCUT2D eigenvalue weighted by atomic mass is 10.1. The molecule has 0 bridgehead atoms. The van der Waals surface area contributed by atoms with Crippen LogP contribution in [0.4, 0.5) is 5.69 Å². The first kappa shape index (κ1) is 18.9. The highest BCUT2D eigenvalue weighted by atomic mass is 15.0. The van der Waals surface area contributed by atoms with Gasteiger partial charge in [-0.2, -0.15) is 0 Å². The average Bonchev–Trinajstić information content (AvgIpc) is 3.03. The van der Waals surface area contributed by atoms with E-state index in [0.29, 0.717) is 0 Å². The Kier molecular flexibility index (Phi) is 5.18. The third-order valence-corrected chi connectivity index (χ3v) is 5.55. The SMILES string of the molecule is Cc1ccc(-n2c(C)cc(C=Nc3ccc(-c4ccccc4)cc3)c2C)cc1C. The summed E-state index contributed by atoms with van der Waals surface area (Å²) in [5, 5.41) is 0. The first-order chi connectivity index (χ1) is 14.0. The summed E-state index contributed by atoms with van der Waals surface area (Å²) < 4.78 is 2.30. The van der Waals surface area contributed by atoms with Crippen LogP contribution in [0.15, 0.2) is 83.9 Å². The monoisotopic (exact) mass is 378 g/mol. The Morgan fingerprint density at radius 2 is 1.38 bits per heavy atom. The van der Waals surface area contributed by atoms with E-state index in [-0.39, 0.29) is 0 Å². The molecule has 144 valence electrons. The Morgan fingerprint density at radius 3 is 2.07 bits per heavy atom. The molecule has 0 saturated heterocycles. The van der Waals surface area contributed by atoms with E-state index in [1.165, 1.54) is 39.3 Å². The quantitative estimate of drug-likeness (QED) is 0.336. The molecule has 0 aliphatic heterocycles. The zero-order valence-corrected chi connectivity index (χ0v) is 17.5. The van der Waals surface area contributed by atoms with Crippen LogP contribution in [-0.2, 0) is 0 Å². The molecule has 0 aliphatic rings. The van der Waals surface area contributed by atoms with Crippen LogP contribution in [-0.4, -0.2) is 10.8 Å². The molecule has 2 heteroatoms. The molecule has 3 aromatic carbocycles. The van der Waals surface area contributed by atoms with Crippen LogP contribution < -0.4 is 0 Å². The molecule has 4 aromatic rings. The van der Waals surface area contributed by atoms with Crippen molar-refractivity contribution in [2.45, 2.75) is 27.7 Å². The first-order valence-corrected chi connectivity index (χ1v) is 9.99. The van der Waals surface area contributed by atoms with Crippen molar-refractivity contribution in [3.8, 4) is 16.8 Å². The van der Waals surface area contributed by atoms with Crippen LogP contribution in [0, 0.1) is 27.7 Å². The number of nitrogens with zero attached hydrogens (tertiary/aromatic N) is 2. The van der Waals surface area contributed by atoms with E-state index in [2.05, 4.69) is 105 Å². The summed E-state index contributed by atoms with van der Waals surface area (Å²) in [4.78, 5) is 4.71. The molecule has 0 unspecified atom stereocenters. The van der Waals surface area contributed by atoms with Crippen molar-refractivity contribution in [1.29, 1.82) is 0 Å². The lowest BCUT2D eigenvalue weighted by Gasteiger charge is -2.11. The maximum Gasteiger partial charge on any atom is 0.0630 e. The number of aryl methyl sites for hydroxylation is 3. The average molecular weight is 379 g/mol. The third kappa shape index (κ3) is 3.93. The van der Waals surface area contributed by atoms with Crippen LogP contribution in [0.1, 0.15) is 28.1 Å². The van der Waals surface area contributed by atoms with E-state index in [0.717, 1.165) is 11.3 Å². The van der Waals surface area contributed by atoms with Gasteiger partial charge in [0.15, 0.2) is 0 Å². The van der Waals surface area contributed by atoms with Crippen molar-refractivity contribution in [1.82, 2.24) is 4.57 Å². The second-order valence-electron chi connectivity index (χ2n) is 7.60. The fourth-order valence-corrected chi connectivity index (χ4v) is 3.69. The predicted octanol–water partition coefficient (Wildman–Crippen LogP) is 7.13. The van der Waals surface area contributed by atoms with E-state index < -0.39 is 0 Å². The van der Waals surface area contributed by atoms with Crippen LogP contribution in [0.5, 0.6) is 0 Å². The number of rotatable bonds is 4. The Labute approximate surface area is 173 Å². The molecule has 0 atom stereocenters. The lowest BCUT2D eigenvalue weighted by Crippen LogP contribution is -2.00. The van der Waals surface area contributed by atoms with E-state index in [1.54, 1.807) is 0 Å². The largest absolute Gasteiger partial charge is 0.318 e. The van der Waals surface area contributed by atoms with Gasteiger partial charge in [-0.15, -0.1) is 0 Å². The van der Waals surface area contributed by atoms with E-state index in [1.807, 2.05) is 12.3 Å². The molecular formula is C27H26N2. The summed E-state index contributed by atoms with van der Waals surface area (Å²) in [5.74, 6) is 0. The second-order valence-corrected chi connectivity index (χ2v) is 7.60. The van der Waals surface area contributed by atoms with Gasteiger partial charge in [0.1, 0.15) is 0 Å². The van der Waals surface area contributed by atoms with Crippen molar-refractivity contribution in [3.05, 3.63) is 107 Å². The highest BCUT2D eigenvalue weighted by Gasteiger charge is 2.10. The Balaban J connectivity index is 1.60. The number of hydrogen-bond donors (Lipinski definition) is 0. The maximum atomic E-state index is 4.71. The van der Waals surface area contributed by atoms with Crippen molar-refractivity contribution in [2.75, 3.05) is 0 Å². The van der Waals surface area contributed by atoms with E-state index in [4.69, 9.17) is 4.99 Å². The van der Waals surface area contributed by atoms with Crippen LogP contribution in [0.2, 0.25) is 0 Å². The van der Waals surface area contributed by atoms with E-state index in [9.17, 15) is 0 Å². The molecule has 4 rings (SSSR count). The van der Waals surface area contributed by atoms with Crippen LogP contribution in [0.25, 0.3) is 16.8 Å². The van der Waals surface area contributed by atoms with Gasteiger partial charge in [-0.1, -0.05) is 48.5 Å². The van der Waals surface area contributed by atoms with Gasteiger partial charge in [0.25, 0.3) is 0 Å². The Hall–Kier alpha value is -3.39. The van der Waals surface area contributed by atoms with Gasteiger partial charge < -0.3 is 4.57 Å². The zero-order chi connectivity index (χ0) is 20.4. The molecule has 0 spiro atoms. The standard InChI is InChI=1S/C27H26N2/c1-19-10-15-27(16-20(19)2)29-21(3)17-25(22(29)4)18-28-26-13-11-24(12-14-26)23-8-6-5-7-9-23/h5-18H,1-4H3. The van der Waals surface area contributed by atoms with Gasteiger partial charge in [0.05, 0.1) is 5.69 Å². The second kappa shape index (κ2) is 7.92. The predicted molar refractivity (Wildman–Crippen MR) is 124 cm³/mol. The molecule has 29 heavy (non-hydrogen) atoms. The summed E-state index contributed by atoms with van der Waals surface area (Å²) in [6.45, 7) is 8.61. The van der Waals surface area contributed by atoms with Gasteiger partial charge in [0, 0.05) is 28.9 Å². The molecule has 0 radical (unpaired) electrons. The third-order valence-electron chi connectivity index (χ3n) is 5.55. The number of benzene rings is 3. The summed E-state index contributed by atoms with van der Waals surface area (Å²) in [7, 11) is 0. The normalized spacial score (nSPS) is 11.3. The summed E-state index contributed by atoms with van der Waals surface area (Å²) in [5.41, 5.74) is 10.8. The van der Waals surface area contributed by atoms with Gasteiger partial charge in [0.2, 0.25) is 0 Å². The fourth-order valence-electron chi connectivity index (χ4n) is 3.69. The summed E-state index contributed by atoms with van der Waals surface area (Å²) >= 11 is 0. The van der Waals surface area contributed by atoms with Crippen LogP contribution in [0.3, 0.4) is 0 Å². The molecule has 1 aromatic heterocycles. The number of aromatic nitrogens is 1. The van der Waals surface area contributed by atoms with Crippen molar-refractivity contribution < 1.29 is 0 Å². The zero-order valence-electron chi connectivity index (χ0n) is 17.5. The minimum absolute atomic E-state index is 0.959. The topological polar surface area (TPSA) is 17.3 Å². The number of aliphatic imine (C=N–C) groups is 1. The maximum absolute atomic E-state index is 4.71. The van der Waals surface area contributed by atoms with Crippen molar-refractivity contribution >= 4 is 11.9 Å². The first-order valence-electron chi connectivity index (χ1n) is 9.99. The van der Waals surface area contributed by atoms with Gasteiger partial charge in [-0.25, -0.2) is 0 Å². The minimum Gasteiger partial charge on any atom is -0.318 e. The van der Waals surface area contributed by atoms with Crippen LogP contribution >= 0.6 is 0 Å². The fraction of sp³-hybridized carbons (Fsp3) is 0.148. The molecular weight excluding hydrogens is 352 g/mol. The molecule has 0 amide bonds. The Morgan fingerprint density at radius 1 is 0.690 bits per heavy atom. The summed E-state index contributed by atoms with van der Waals surface area (Å²) in [6, 6.07) is 27.6. The molecule has 0 aliphatic carbocycles. The lowest BCUT2D eigenvalue weighted by molar-refractivity contribution is 0.961. The number of hydrogen-bond acceptors (Lipinski definition) is 1. The molecule has 0 fully saturated rings. The van der Waals surface area contributed by atoms with Gasteiger partial charge >= 0.3 is 0 Å².